The lowest BCUT2D eigenvalue weighted by Gasteiger charge is -2.19. The molecular formula is C10H17N3. The number of hydrazine groups is 2. The van der Waals surface area contributed by atoms with Crippen molar-refractivity contribution in [3.63, 3.8) is 0 Å². The molecule has 1 aromatic rings. The van der Waals surface area contributed by atoms with Gasteiger partial charge in [0.05, 0.1) is 5.69 Å². The monoisotopic (exact) mass is 179 g/mol. The summed E-state index contributed by atoms with van der Waals surface area (Å²) in [4.78, 5) is 0. The first kappa shape index (κ1) is 10.0. The van der Waals surface area contributed by atoms with Crippen LogP contribution in [0.1, 0.15) is 25.0 Å². The predicted molar refractivity (Wildman–Crippen MR) is 56.1 cm³/mol. The van der Waals surface area contributed by atoms with E-state index in [1.54, 1.807) is 0 Å². The van der Waals surface area contributed by atoms with E-state index in [0.717, 1.165) is 18.5 Å². The Morgan fingerprint density at radius 1 is 1.08 bits per heavy atom. The molecule has 72 valence electrons. The molecule has 3 nitrogen and oxygen atoms in total. The molecule has 0 aromatic heterocycles. The van der Waals surface area contributed by atoms with Crippen molar-refractivity contribution >= 4 is 5.69 Å². The van der Waals surface area contributed by atoms with Gasteiger partial charge in [-0.3, -0.25) is 0 Å². The van der Waals surface area contributed by atoms with Crippen molar-refractivity contribution in [3.05, 3.63) is 29.3 Å². The number of hydrogen-bond donors (Lipinski definition) is 2. The lowest BCUT2D eigenvalue weighted by molar-refractivity contribution is 0.890. The highest BCUT2D eigenvalue weighted by Crippen LogP contribution is 2.23. The van der Waals surface area contributed by atoms with Crippen LogP contribution in [-0.2, 0) is 12.8 Å². The topological polar surface area (TPSA) is 55.3 Å². The van der Waals surface area contributed by atoms with Crippen molar-refractivity contribution in [2.75, 3.05) is 5.12 Å². The zero-order valence-corrected chi connectivity index (χ0v) is 8.25. The maximum atomic E-state index is 5.58. The van der Waals surface area contributed by atoms with Crippen LogP contribution in [0.3, 0.4) is 0 Å². The maximum Gasteiger partial charge on any atom is 0.0760 e. The van der Waals surface area contributed by atoms with Gasteiger partial charge in [0, 0.05) is 0 Å². The minimum Gasteiger partial charge on any atom is -0.246 e. The van der Waals surface area contributed by atoms with E-state index in [-0.39, 0.29) is 0 Å². The normalized spacial score (nSPS) is 10.2. The first-order valence-corrected chi connectivity index (χ1v) is 4.61. The minimum atomic E-state index is 0.952. The second-order valence-corrected chi connectivity index (χ2v) is 3.04. The van der Waals surface area contributed by atoms with Crippen LogP contribution >= 0.6 is 0 Å². The average Bonchev–Trinajstić information content (AvgIpc) is 2.16. The highest BCUT2D eigenvalue weighted by Gasteiger charge is 2.07. The van der Waals surface area contributed by atoms with E-state index >= 15 is 0 Å². The molecule has 0 fully saturated rings. The lowest BCUT2D eigenvalue weighted by atomic mass is 10.0. The Labute approximate surface area is 79.3 Å². The van der Waals surface area contributed by atoms with Crippen molar-refractivity contribution in [1.82, 2.24) is 0 Å². The highest BCUT2D eigenvalue weighted by atomic mass is 15.6. The molecule has 0 aliphatic heterocycles. The summed E-state index contributed by atoms with van der Waals surface area (Å²) < 4.78 is 0. The second kappa shape index (κ2) is 4.25. The molecule has 0 unspecified atom stereocenters. The van der Waals surface area contributed by atoms with Gasteiger partial charge in [-0.1, -0.05) is 32.0 Å². The number of para-hydroxylation sites is 1. The smallest absolute Gasteiger partial charge is 0.0760 e. The predicted octanol–water partition coefficient (Wildman–Crippen LogP) is 1.37. The van der Waals surface area contributed by atoms with Crippen LogP contribution in [-0.4, -0.2) is 0 Å². The largest absolute Gasteiger partial charge is 0.246 e. The molecule has 0 saturated carbocycles. The van der Waals surface area contributed by atoms with Gasteiger partial charge in [0.1, 0.15) is 0 Å². The fourth-order valence-electron chi connectivity index (χ4n) is 1.55. The SMILES string of the molecule is CCc1cccc(CC)c1N(N)N. The van der Waals surface area contributed by atoms with Crippen LogP contribution in [0, 0.1) is 0 Å². The van der Waals surface area contributed by atoms with Gasteiger partial charge in [0.25, 0.3) is 0 Å². The lowest BCUT2D eigenvalue weighted by Crippen LogP contribution is -2.39. The Balaban J connectivity index is 3.21. The van der Waals surface area contributed by atoms with Crippen LogP contribution in [0.4, 0.5) is 5.69 Å². The van der Waals surface area contributed by atoms with Gasteiger partial charge in [0.2, 0.25) is 0 Å². The van der Waals surface area contributed by atoms with E-state index in [1.165, 1.54) is 16.2 Å². The van der Waals surface area contributed by atoms with Crippen LogP contribution in [0.25, 0.3) is 0 Å². The first-order valence-electron chi connectivity index (χ1n) is 4.61. The molecule has 0 atom stereocenters. The Hall–Kier alpha value is -1.06. The van der Waals surface area contributed by atoms with Gasteiger partial charge >= 0.3 is 0 Å². The van der Waals surface area contributed by atoms with Gasteiger partial charge in [-0.05, 0) is 24.0 Å². The number of benzene rings is 1. The van der Waals surface area contributed by atoms with E-state index in [1.807, 2.05) is 6.07 Å². The number of hydrogen-bond acceptors (Lipinski definition) is 3. The molecular weight excluding hydrogens is 162 g/mol. The fourth-order valence-corrected chi connectivity index (χ4v) is 1.55. The Morgan fingerprint density at radius 3 is 1.85 bits per heavy atom. The van der Waals surface area contributed by atoms with Crippen LogP contribution in [0.2, 0.25) is 0 Å². The molecule has 4 N–H and O–H groups in total. The summed E-state index contributed by atoms with van der Waals surface area (Å²) in [6.07, 6.45) is 1.90. The Morgan fingerprint density at radius 2 is 1.54 bits per heavy atom. The van der Waals surface area contributed by atoms with Crippen molar-refractivity contribution in [1.29, 1.82) is 0 Å². The zero-order valence-electron chi connectivity index (χ0n) is 8.25. The first-order chi connectivity index (χ1) is 6.20. The van der Waals surface area contributed by atoms with Crippen LogP contribution in [0.15, 0.2) is 18.2 Å². The summed E-state index contributed by atoms with van der Waals surface area (Å²) in [6, 6.07) is 6.16. The van der Waals surface area contributed by atoms with Crippen LogP contribution < -0.4 is 16.8 Å². The fraction of sp³-hybridized carbons (Fsp3) is 0.400. The molecule has 1 aromatic carbocycles. The van der Waals surface area contributed by atoms with Gasteiger partial charge < -0.3 is 0 Å². The minimum absolute atomic E-state index is 0.952. The van der Waals surface area contributed by atoms with Gasteiger partial charge in [-0.15, -0.1) is 0 Å². The second-order valence-electron chi connectivity index (χ2n) is 3.04. The maximum absolute atomic E-state index is 5.58. The van der Waals surface area contributed by atoms with Gasteiger partial charge in [-0.25, -0.2) is 16.8 Å². The van der Waals surface area contributed by atoms with Crippen molar-refractivity contribution in [2.24, 2.45) is 11.7 Å². The molecule has 0 radical (unpaired) electrons. The number of nitrogens with two attached hydrogens (primary N) is 2. The van der Waals surface area contributed by atoms with E-state index in [2.05, 4.69) is 26.0 Å². The third kappa shape index (κ3) is 1.99. The Bertz CT molecular complexity index is 259. The van der Waals surface area contributed by atoms with E-state index in [0.29, 0.717) is 0 Å². The molecule has 0 bridgehead atoms. The number of nitrogens with zero attached hydrogens (tertiary/aromatic N) is 1. The van der Waals surface area contributed by atoms with E-state index in [9.17, 15) is 0 Å². The molecule has 0 aliphatic rings. The Kier molecular flexibility index (Phi) is 3.28. The number of aryl methyl sites for hydroxylation is 2. The summed E-state index contributed by atoms with van der Waals surface area (Å²) in [5.74, 6) is 11.2. The molecule has 0 amide bonds. The standard InChI is InChI=1S/C10H17N3/c1-3-8-6-5-7-9(4-2)10(8)13(11)12/h5-7H,3-4,11-12H2,1-2H3. The molecule has 3 heteroatoms. The van der Waals surface area contributed by atoms with Gasteiger partial charge in [0.15, 0.2) is 0 Å². The highest BCUT2D eigenvalue weighted by molar-refractivity contribution is 5.57. The van der Waals surface area contributed by atoms with Crippen LogP contribution in [0.5, 0.6) is 0 Å². The molecule has 1 rings (SSSR count). The third-order valence-electron chi connectivity index (χ3n) is 2.22. The van der Waals surface area contributed by atoms with Gasteiger partial charge in [-0.2, -0.15) is 0 Å². The molecule has 0 saturated heterocycles. The van der Waals surface area contributed by atoms with E-state index < -0.39 is 0 Å². The van der Waals surface area contributed by atoms with Crippen molar-refractivity contribution in [2.45, 2.75) is 26.7 Å². The summed E-state index contributed by atoms with van der Waals surface area (Å²) >= 11 is 0. The number of rotatable bonds is 3. The van der Waals surface area contributed by atoms with Crippen molar-refractivity contribution < 1.29 is 0 Å². The third-order valence-corrected chi connectivity index (χ3v) is 2.22. The molecule has 0 heterocycles. The molecule has 0 aliphatic carbocycles. The van der Waals surface area contributed by atoms with Crippen molar-refractivity contribution in [3.8, 4) is 0 Å². The van der Waals surface area contributed by atoms with E-state index in [4.69, 9.17) is 11.7 Å². The molecule has 0 spiro atoms. The number of anilines is 1. The summed E-state index contributed by atoms with van der Waals surface area (Å²) in [7, 11) is 0. The summed E-state index contributed by atoms with van der Waals surface area (Å²) in [6.45, 7) is 4.20. The quantitative estimate of drug-likeness (QED) is 0.544. The summed E-state index contributed by atoms with van der Waals surface area (Å²) in [5.41, 5.74) is 3.36. The average molecular weight is 179 g/mol. The summed E-state index contributed by atoms with van der Waals surface area (Å²) in [5, 5.41) is 1.22. The zero-order chi connectivity index (χ0) is 9.84. The molecule has 13 heavy (non-hydrogen) atoms.